The molecule has 1 aromatic carbocycles. The number of hydrogen-bond acceptors (Lipinski definition) is 2. The molecule has 1 unspecified atom stereocenters. The van der Waals surface area contributed by atoms with Gasteiger partial charge in [-0.1, -0.05) is 53.9 Å². The topological polar surface area (TPSA) is 23.5 Å². The van der Waals surface area contributed by atoms with Crippen LogP contribution >= 0.6 is 15.9 Å². The van der Waals surface area contributed by atoms with Crippen molar-refractivity contribution in [1.29, 1.82) is 0 Å². The molecule has 102 valence electrons. The Morgan fingerprint density at radius 3 is 2.61 bits per heavy atom. The number of aliphatic hydroxyl groups is 1. The van der Waals surface area contributed by atoms with Gasteiger partial charge in [0.2, 0.25) is 0 Å². The molecule has 0 radical (unpaired) electrons. The van der Waals surface area contributed by atoms with Crippen LogP contribution in [0.15, 0.2) is 28.7 Å². The fourth-order valence-electron chi connectivity index (χ4n) is 1.99. The highest BCUT2D eigenvalue weighted by atomic mass is 79.9. The summed E-state index contributed by atoms with van der Waals surface area (Å²) >= 11 is 3.48. The van der Waals surface area contributed by atoms with E-state index in [2.05, 4.69) is 34.8 Å². The van der Waals surface area contributed by atoms with Gasteiger partial charge in [0.25, 0.3) is 0 Å². The molecule has 0 aliphatic heterocycles. The molecule has 3 heteroatoms. The van der Waals surface area contributed by atoms with E-state index in [1.165, 1.54) is 19.3 Å². The van der Waals surface area contributed by atoms with Crippen molar-refractivity contribution in [2.75, 3.05) is 20.1 Å². The lowest BCUT2D eigenvalue weighted by atomic mass is 10.1. The molecule has 0 aliphatic carbocycles. The molecule has 0 amide bonds. The van der Waals surface area contributed by atoms with Crippen molar-refractivity contribution < 1.29 is 5.11 Å². The Morgan fingerprint density at radius 1 is 1.22 bits per heavy atom. The summed E-state index contributed by atoms with van der Waals surface area (Å²) in [4.78, 5) is 2.30. The van der Waals surface area contributed by atoms with E-state index in [-0.39, 0.29) is 6.10 Å². The van der Waals surface area contributed by atoms with Crippen LogP contribution in [0.1, 0.15) is 44.3 Å². The summed E-state index contributed by atoms with van der Waals surface area (Å²) in [6.45, 7) is 4.28. The van der Waals surface area contributed by atoms with Crippen LogP contribution in [0.5, 0.6) is 0 Å². The van der Waals surface area contributed by atoms with Gasteiger partial charge in [0.15, 0.2) is 0 Å². The predicted octanol–water partition coefficient (Wildman–Crippen LogP) is 3.99. The van der Waals surface area contributed by atoms with E-state index in [4.69, 9.17) is 0 Å². The maximum atomic E-state index is 10.2. The number of hydrogen-bond donors (Lipinski definition) is 1. The monoisotopic (exact) mass is 313 g/mol. The van der Waals surface area contributed by atoms with Crippen molar-refractivity contribution in [3.05, 3.63) is 34.3 Å². The van der Waals surface area contributed by atoms with Gasteiger partial charge >= 0.3 is 0 Å². The van der Waals surface area contributed by atoms with Crippen LogP contribution in [0.4, 0.5) is 0 Å². The van der Waals surface area contributed by atoms with E-state index in [1.807, 2.05) is 24.3 Å². The maximum absolute atomic E-state index is 10.2. The third-order valence-corrected chi connectivity index (χ3v) is 3.91. The third kappa shape index (κ3) is 5.51. The van der Waals surface area contributed by atoms with Gasteiger partial charge in [-0.25, -0.2) is 0 Å². The van der Waals surface area contributed by atoms with Gasteiger partial charge in [-0.15, -0.1) is 0 Å². The van der Waals surface area contributed by atoms with Gasteiger partial charge in [-0.3, -0.25) is 0 Å². The Balaban J connectivity index is 2.32. The summed E-state index contributed by atoms with van der Waals surface area (Å²) in [6, 6.07) is 7.89. The minimum Gasteiger partial charge on any atom is -0.388 e. The fraction of sp³-hybridized carbons (Fsp3) is 0.600. The quantitative estimate of drug-likeness (QED) is 0.733. The fourth-order valence-corrected chi connectivity index (χ4v) is 2.54. The molecule has 1 aromatic rings. The first-order chi connectivity index (χ1) is 8.65. The zero-order valence-corrected chi connectivity index (χ0v) is 13.0. The lowest BCUT2D eigenvalue weighted by Crippen LogP contribution is -2.22. The molecule has 0 heterocycles. The van der Waals surface area contributed by atoms with Gasteiger partial charge in [0, 0.05) is 11.0 Å². The van der Waals surface area contributed by atoms with Crippen LogP contribution < -0.4 is 0 Å². The highest BCUT2D eigenvalue weighted by molar-refractivity contribution is 9.10. The Kier molecular flexibility index (Phi) is 7.56. The molecule has 1 rings (SSSR count). The lowest BCUT2D eigenvalue weighted by Gasteiger charge is -2.19. The first kappa shape index (κ1) is 15.7. The van der Waals surface area contributed by atoms with E-state index >= 15 is 0 Å². The molecule has 2 nitrogen and oxygen atoms in total. The molecule has 0 spiro atoms. The number of aliphatic hydroxyl groups excluding tert-OH is 1. The predicted molar refractivity (Wildman–Crippen MR) is 80.7 cm³/mol. The average molecular weight is 314 g/mol. The molecule has 0 aliphatic rings. The second kappa shape index (κ2) is 8.68. The number of nitrogens with zero attached hydrogens (tertiary/aromatic N) is 1. The summed E-state index contributed by atoms with van der Waals surface area (Å²) < 4.78 is 0.992. The van der Waals surface area contributed by atoms with Crippen LogP contribution in [0.2, 0.25) is 0 Å². The van der Waals surface area contributed by atoms with E-state index in [0.29, 0.717) is 0 Å². The average Bonchev–Trinajstić information content (AvgIpc) is 2.37. The van der Waals surface area contributed by atoms with Crippen LogP contribution in [0, 0.1) is 0 Å². The first-order valence-corrected chi connectivity index (χ1v) is 7.55. The first-order valence-electron chi connectivity index (χ1n) is 6.76. The molecule has 0 saturated carbocycles. The standard InChI is InChI=1S/C15H24BrNO/c1-3-4-7-11-17(2)12-10-15(18)13-8-5-6-9-14(13)16/h5-6,8-9,15,18H,3-4,7,10-12H2,1-2H3. The van der Waals surface area contributed by atoms with Gasteiger partial charge in [-0.05, 0) is 38.1 Å². The Morgan fingerprint density at radius 2 is 1.94 bits per heavy atom. The smallest absolute Gasteiger partial charge is 0.0813 e. The molecular formula is C15H24BrNO. The second-order valence-corrected chi connectivity index (χ2v) is 5.69. The van der Waals surface area contributed by atoms with Gasteiger partial charge in [0.1, 0.15) is 0 Å². The van der Waals surface area contributed by atoms with Crippen molar-refractivity contribution >= 4 is 15.9 Å². The summed E-state index contributed by atoms with van der Waals surface area (Å²) in [6.07, 6.45) is 4.20. The minimum absolute atomic E-state index is 0.380. The van der Waals surface area contributed by atoms with E-state index < -0.39 is 0 Å². The maximum Gasteiger partial charge on any atom is 0.0813 e. The number of benzene rings is 1. The summed E-state index contributed by atoms with van der Waals surface area (Å²) in [7, 11) is 2.13. The van der Waals surface area contributed by atoms with Crippen molar-refractivity contribution in [2.45, 2.75) is 38.7 Å². The zero-order chi connectivity index (χ0) is 13.4. The van der Waals surface area contributed by atoms with E-state index in [1.54, 1.807) is 0 Å². The highest BCUT2D eigenvalue weighted by Gasteiger charge is 2.11. The second-order valence-electron chi connectivity index (χ2n) is 4.84. The summed E-state index contributed by atoms with van der Waals surface area (Å²) in [5, 5.41) is 10.2. The number of unbranched alkanes of at least 4 members (excludes halogenated alkanes) is 2. The SMILES string of the molecule is CCCCCN(C)CCC(O)c1ccccc1Br. The van der Waals surface area contributed by atoms with E-state index in [9.17, 15) is 5.11 Å². The minimum atomic E-state index is -0.380. The van der Waals surface area contributed by atoms with Crippen molar-refractivity contribution in [2.24, 2.45) is 0 Å². The molecule has 0 fully saturated rings. The van der Waals surface area contributed by atoms with Gasteiger partial charge in [0.05, 0.1) is 6.10 Å². The van der Waals surface area contributed by atoms with Crippen molar-refractivity contribution in [3.8, 4) is 0 Å². The molecule has 18 heavy (non-hydrogen) atoms. The van der Waals surface area contributed by atoms with Gasteiger partial charge in [-0.2, -0.15) is 0 Å². The normalized spacial score (nSPS) is 12.9. The summed E-state index contributed by atoms with van der Waals surface area (Å²) in [5.41, 5.74) is 0.986. The lowest BCUT2D eigenvalue weighted by molar-refractivity contribution is 0.148. The summed E-state index contributed by atoms with van der Waals surface area (Å²) in [5.74, 6) is 0. The molecule has 1 atom stereocenters. The molecule has 0 saturated heterocycles. The largest absolute Gasteiger partial charge is 0.388 e. The molecule has 0 bridgehead atoms. The number of rotatable bonds is 8. The highest BCUT2D eigenvalue weighted by Crippen LogP contribution is 2.25. The van der Waals surface area contributed by atoms with E-state index in [0.717, 1.165) is 29.5 Å². The third-order valence-electron chi connectivity index (χ3n) is 3.19. The van der Waals surface area contributed by atoms with Crippen LogP contribution in [-0.2, 0) is 0 Å². The molecule has 0 aromatic heterocycles. The zero-order valence-electron chi connectivity index (χ0n) is 11.4. The van der Waals surface area contributed by atoms with Crippen molar-refractivity contribution in [1.82, 2.24) is 4.90 Å². The van der Waals surface area contributed by atoms with Gasteiger partial charge < -0.3 is 10.0 Å². The molecular weight excluding hydrogens is 290 g/mol. The molecule has 1 N–H and O–H groups in total. The number of halogens is 1. The van der Waals surface area contributed by atoms with Crippen LogP contribution in [0.25, 0.3) is 0 Å². The Labute approximate surface area is 119 Å². The Bertz CT molecular complexity index is 343. The van der Waals surface area contributed by atoms with Crippen molar-refractivity contribution in [3.63, 3.8) is 0 Å². The van der Waals surface area contributed by atoms with Crippen LogP contribution in [0.3, 0.4) is 0 Å². The Hall–Kier alpha value is -0.380. The van der Waals surface area contributed by atoms with Crippen LogP contribution in [-0.4, -0.2) is 30.1 Å².